The van der Waals surface area contributed by atoms with Gasteiger partial charge in [0.2, 0.25) is 0 Å². The van der Waals surface area contributed by atoms with Gasteiger partial charge in [-0.25, -0.2) is 8.78 Å². The van der Waals surface area contributed by atoms with Crippen LogP contribution in [0.1, 0.15) is 37.7 Å². The minimum atomic E-state index is -0.492. The van der Waals surface area contributed by atoms with Crippen molar-refractivity contribution in [2.45, 2.75) is 44.7 Å². The number of halogens is 3. The third-order valence-corrected chi connectivity index (χ3v) is 3.92. The summed E-state index contributed by atoms with van der Waals surface area (Å²) in [5.41, 5.74) is 0.130. The molecular weight excluding hydrogens is 288 g/mol. The van der Waals surface area contributed by atoms with E-state index < -0.39 is 11.6 Å². The molecule has 0 aliphatic heterocycles. The lowest BCUT2D eigenvalue weighted by molar-refractivity contribution is 0.367. The monoisotopic (exact) mass is 303 g/mol. The van der Waals surface area contributed by atoms with E-state index in [-0.39, 0.29) is 12.1 Å². The summed E-state index contributed by atoms with van der Waals surface area (Å²) in [5, 5.41) is 3.25. The normalized spacial score (nSPS) is 17.4. The van der Waals surface area contributed by atoms with Crippen LogP contribution in [0.4, 0.5) is 8.78 Å². The number of nitrogens with one attached hydrogen (secondary N) is 1. The van der Waals surface area contributed by atoms with E-state index in [1.165, 1.54) is 31.4 Å². The molecule has 0 atom stereocenters. The molecule has 1 fully saturated rings. The molecule has 4 heteroatoms. The van der Waals surface area contributed by atoms with E-state index in [2.05, 4.69) is 21.2 Å². The Morgan fingerprint density at radius 1 is 1.18 bits per heavy atom. The summed E-state index contributed by atoms with van der Waals surface area (Å²) in [6.07, 6.45) is 5.91. The fourth-order valence-corrected chi connectivity index (χ4v) is 2.66. The Labute approximate surface area is 109 Å². The van der Waals surface area contributed by atoms with Crippen molar-refractivity contribution in [3.05, 3.63) is 33.8 Å². The first kappa shape index (κ1) is 13.0. The summed E-state index contributed by atoms with van der Waals surface area (Å²) < 4.78 is 27.5. The molecule has 1 aromatic rings. The number of hydrogen-bond donors (Lipinski definition) is 1. The predicted octanol–water partition coefficient (Wildman–Crippen LogP) is 4.15. The van der Waals surface area contributed by atoms with Crippen LogP contribution >= 0.6 is 15.9 Å². The molecule has 1 aliphatic carbocycles. The lowest BCUT2D eigenvalue weighted by atomic mass is 9.95. The summed E-state index contributed by atoms with van der Waals surface area (Å²) in [6.45, 7) is 0.266. The smallest absolute Gasteiger partial charge is 0.144 e. The molecule has 0 radical (unpaired) electrons. The molecule has 1 aliphatic rings. The Kier molecular flexibility index (Phi) is 4.51. The lowest BCUT2D eigenvalue weighted by Crippen LogP contribution is -2.31. The summed E-state index contributed by atoms with van der Waals surface area (Å²) in [4.78, 5) is 0. The van der Waals surface area contributed by atoms with Gasteiger partial charge in [0.15, 0.2) is 0 Å². The van der Waals surface area contributed by atoms with Crippen LogP contribution in [-0.2, 0) is 6.54 Å². The van der Waals surface area contributed by atoms with Gasteiger partial charge >= 0.3 is 0 Å². The minimum absolute atomic E-state index is 0.130. The Hall–Kier alpha value is -0.480. The second kappa shape index (κ2) is 5.91. The van der Waals surface area contributed by atoms with Crippen LogP contribution in [0.15, 0.2) is 16.6 Å². The zero-order valence-electron chi connectivity index (χ0n) is 9.61. The van der Waals surface area contributed by atoms with E-state index in [0.29, 0.717) is 10.5 Å². The molecule has 0 saturated heterocycles. The minimum Gasteiger partial charge on any atom is -0.310 e. The van der Waals surface area contributed by atoms with E-state index >= 15 is 0 Å². The third-order valence-electron chi connectivity index (χ3n) is 3.31. The molecule has 17 heavy (non-hydrogen) atoms. The van der Waals surface area contributed by atoms with Crippen molar-refractivity contribution in [2.75, 3.05) is 0 Å². The van der Waals surface area contributed by atoms with Crippen LogP contribution in [0, 0.1) is 11.6 Å². The van der Waals surface area contributed by atoms with E-state index in [1.54, 1.807) is 0 Å². The van der Waals surface area contributed by atoms with Crippen LogP contribution in [0.2, 0.25) is 0 Å². The maximum absolute atomic E-state index is 13.7. The van der Waals surface area contributed by atoms with Gasteiger partial charge in [-0.15, -0.1) is 0 Å². The number of hydrogen-bond acceptors (Lipinski definition) is 1. The molecule has 1 N–H and O–H groups in total. The average Bonchev–Trinajstić information content (AvgIpc) is 2.35. The first-order chi connectivity index (χ1) is 8.18. The predicted molar refractivity (Wildman–Crippen MR) is 67.8 cm³/mol. The molecule has 1 saturated carbocycles. The molecule has 0 spiro atoms. The van der Waals surface area contributed by atoms with Crippen molar-refractivity contribution in [3.8, 4) is 0 Å². The van der Waals surface area contributed by atoms with E-state index in [4.69, 9.17) is 0 Å². The Morgan fingerprint density at radius 3 is 2.59 bits per heavy atom. The van der Waals surface area contributed by atoms with Crippen molar-refractivity contribution in [3.63, 3.8) is 0 Å². The van der Waals surface area contributed by atoms with Gasteiger partial charge in [0.1, 0.15) is 11.6 Å². The van der Waals surface area contributed by atoms with E-state index in [1.807, 2.05) is 0 Å². The third kappa shape index (κ3) is 3.26. The summed E-state index contributed by atoms with van der Waals surface area (Å²) >= 11 is 3.08. The highest BCUT2D eigenvalue weighted by Gasteiger charge is 2.16. The van der Waals surface area contributed by atoms with Gasteiger partial charge in [-0.2, -0.15) is 0 Å². The highest BCUT2D eigenvalue weighted by atomic mass is 79.9. The Morgan fingerprint density at radius 2 is 1.88 bits per heavy atom. The van der Waals surface area contributed by atoms with Gasteiger partial charge in [0.05, 0.1) is 4.47 Å². The molecule has 0 heterocycles. The fraction of sp³-hybridized carbons (Fsp3) is 0.538. The first-order valence-corrected chi connectivity index (χ1v) is 6.83. The van der Waals surface area contributed by atoms with Gasteiger partial charge in [-0.3, -0.25) is 0 Å². The zero-order chi connectivity index (χ0) is 12.3. The van der Waals surface area contributed by atoms with Crippen LogP contribution in [-0.4, -0.2) is 6.04 Å². The van der Waals surface area contributed by atoms with Crippen molar-refractivity contribution in [1.29, 1.82) is 0 Å². The maximum Gasteiger partial charge on any atom is 0.144 e. The van der Waals surface area contributed by atoms with Gasteiger partial charge in [-0.1, -0.05) is 19.3 Å². The van der Waals surface area contributed by atoms with Crippen molar-refractivity contribution in [2.24, 2.45) is 0 Å². The highest BCUT2D eigenvalue weighted by molar-refractivity contribution is 9.10. The van der Waals surface area contributed by atoms with E-state index in [0.717, 1.165) is 12.8 Å². The van der Waals surface area contributed by atoms with Crippen LogP contribution in [0.5, 0.6) is 0 Å². The molecule has 0 bridgehead atoms. The highest BCUT2D eigenvalue weighted by Crippen LogP contribution is 2.23. The zero-order valence-corrected chi connectivity index (χ0v) is 11.2. The molecule has 0 amide bonds. The largest absolute Gasteiger partial charge is 0.310 e. The maximum atomic E-state index is 13.7. The second-order valence-electron chi connectivity index (χ2n) is 4.54. The van der Waals surface area contributed by atoms with Crippen molar-refractivity contribution < 1.29 is 8.78 Å². The summed E-state index contributed by atoms with van der Waals surface area (Å²) in [6, 6.07) is 3.10. The molecule has 0 aromatic heterocycles. The van der Waals surface area contributed by atoms with E-state index in [9.17, 15) is 8.78 Å². The molecule has 1 nitrogen and oxygen atoms in total. The second-order valence-corrected chi connectivity index (χ2v) is 5.39. The van der Waals surface area contributed by atoms with Gasteiger partial charge in [0.25, 0.3) is 0 Å². The van der Waals surface area contributed by atoms with Gasteiger partial charge in [-0.05, 0) is 40.9 Å². The fourth-order valence-electron chi connectivity index (χ4n) is 2.28. The van der Waals surface area contributed by atoms with Crippen molar-refractivity contribution in [1.82, 2.24) is 5.32 Å². The van der Waals surface area contributed by atoms with Gasteiger partial charge < -0.3 is 5.32 Å². The SMILES string of the molecule is Fc1ccc(Br)c(F)c1CNC1CCCCC1. The summed E-state index contributed by atoms with van der Waals surface area (Å²) in [7, 11) is 0. The van der Waals surface area contributed by atoms with Gasteiger partial charge in [0, 0.05) is 18.2 Å². The number of rotatable bonds is 3. The molecule has 2 rings (SSSR count). The standard InChI is InChI=1S/C13H16BrF2N/c14-11-6-7-12(15)10(13(11)16)8-17-9-4-2-1-3-5-9/h6-7,9,17H,1-5,8H2. The quantitative estimate of drug-likeness (QED) is 0.827. The Balaban J connectivity index is 2.00. The van der Waals surface area contributed by atoms with Crippen LogP contribution < -0.4 is 5.32 Å². The average molecular weight is 304 g/mol. The van der Waals surface area contributed by atoms with Crippen LogP contribution in [0.25, 0.3) is 0 Å². The first-order valence-electron chi connectivity index (χ1n) is 6.04. The topological polar surface area (TPSA) is 12.0 Å². The lowest BCUT2D eigenvalue weighted by Gasteiger charge is -2.23. The molecular formula is C13H16BrF2N. The summed E-state index contributed by atoms with van der Waals surface area (Å²) in [5.74, 6) is -0.970. The molecule has 1 aromatic carbocycles. The van der Waals surface area contributed by atoms with Crippen molar-refractivity contribution >= 4 is 15.9 Å². The Bertz CT molecular complexity index is 389. The molecule has 0 unspecified atom stereocenters. The number of benzene rings is 1. The molecule has 94 valence electrons. The van der Waals surface area contributed by atoms with Crippen LogP contribution in [0.3, 0.4) is 0 Å².